The minimum absolute atomic E-state index is 0.0590. The van der Waals surface area contributed by atoms with Crippen LogP contribution in [0.25, 0.3) is 10.9 Å². The van der Waals surface area contributed by atoms with Gasteiger partial charge in [-0.2, -0.15) is 0 Å². The third-order valence-electron chi connectivity index (χ3n) is 7.02. The Morgan fingerprint density at radius 2 is 1.97 bits per heavy atom. The van der Waals surface area contributed by atoms with E-state index in [1.807, 2.05) is 54.1 Å². The first kappa shape index (κ1) is 24.3. The van der Waals surface area contributed by atoms with Crippen molar-refractivity contribution in [3.63, 3.8) is 0 Å². The van der Waals surface area contributed by atoms with Gasteiger partial charge in [0.2, 0.25) is 0 Å². The van der Waals surface area contributed by atoms with Gasteiger partial charge in [-0.25, -0.2) is 4.68 Å². The lowest BCUT2D eigenvalue weighted by atomic mass is 9.99. The topological polar surface area (TPSA) is 88.9 Å². The maximum Gasteiger partial charge on any atom is 0.252 e. The predicted octanol–water partition coefficient (Wildman–Crippen LogP) is 4.40. The Morgan fingerprint density at radius 3 is 2.72 bits per heavy atom. The Morgan fingerprint density at radius 1 is 1.14 bits per heavy atom. The zero-order valence-electron chi connectivity index (χ0n) is 21.2. The highest BCUT2D eigenvalue weighted by atomic mass is 16.5. The van der Waals surface area contributed by atoms with E-state index in [9.17, 15) is 4.79 Å². The number of H-pyrrole nitrogens is 1. The van der Waals surface area contributed by atoms with Crippen LogP contribution in [-0.4, -0.2) is 42.8 Å². The molecule has 1 aliphatic rings. The van der Waals surface area contributed by atoms with Crippen molar-refractivity contribution < 1.29 is 4.74 Å². The number of fused-ring (bicyclic) bond motifs is 1. The van der Waals surface area contributed by atoms with Gasteiger partial charge in [0.25, 0.3) is 5.56 Å². The second-order valence-electron chi connectivity index (χ2n) is 10.1. The van der Waals surface area contributed by atoms with E-state index >= 15 is 0 Å². The van der Waals surface area contributed by atoms with Gasteiger partial charge < -0.3 is 9.72 Å². The van der Waals surface area contributed by atoms with Gasteiger partial charge >= 0.3 is 0 Å². The number of benzene rings is 2. The number of aryl methyl sites for hydroxylation is 1. The molecule has 8 heteroatoms. The van der Waals surface area contributed by atoms with E-state index in [2.05, 4.69) is 51.4 Å². The fourth-order valence-corrected chi connectivity index (χ4v) is 5.25. The number of aromatic amines is 1. The quantitative estimate of drug-likeness (QED) is 0.377. The number of tetrazole rings is 1. The molecule has 3 heterocycles. The average molecular weight is 487 g/mol. The molecule has 0 amide bonds. The zero-order chi connectivity index (χ0) is 25.1. The zero-order valence-corrected chi connectivity index (χ0v) is 21.2. The Kier molecular flexibility index (Phi) is 7.25. The fraction of sp³-hybridized carbons (Fsp3) is 0.429. The molecular weight excluding hydrogens is 452 g/mol. The molecule has 0 aliphatic carbocycles. The van der Waals surface area contributed by atoms with E-state index in [4.69, 9.17) is 4.74 Å². The molecule has 5 rings (SSSR count). The Bertz CT molecular complexity index is 1360. The number of hydrogen-bond acceptors (Lipinski definition) is 6. The van der Waals surface area contributed by atoms with Gasteiger partial charge in [-0.05, 0) is 58.7 Å². The van der Waals surface area contributed by atoms with E-state index in [0.29, 0.717) is 19.6 Å². The van der Waals surface area contributed by atoms with Crippen LogP contribution in [0, 0.1) is 12.8 Å². The molecule has 8 nitrogen and oxygen atoms in total. The van der Waals surface area contributed by atoms with E-state index in [-0.39, 0.29) is 23.6 Å². The van der Waals surface area contributed by atoms with E-state index in [1.54, 1.807) is 0 Å². The minimum atomic E-state index is -0.0887. The molecule has 2 aromatic carbocycles. The van der Waals surface area contributed by atoms with Crippen LogP contribution in [0.3, 0.4) is 0 Å². The number of pyridine rings is 1. The number of para-hydroxylation sites is 1. The summed E-state index contributed by atoms with van der Waals surface area (Å²) in [7, 11) is 0. The lowest BCUT2D eigenvalue weighted by Crippen LogP contribution is -2.36. The summed E-state index contributed by atoms with van der Waals surface area (Å²) in [4.78, 5) is 18.6. The normalized spacial score (nSPS) is 16.9. The molecule has 36 heavy (non-hydrogen) atoms. The van der Waals surface area contributed by atoms with Crippen molar-refractivity contribution in [1.29, 1.82) is 0 Å². The van der Waals surface area contributed by atoms with Crippen molar-refractivity contribution in [3.05, 3.63) is 87.5 Å². The predicted molar refractivity (Wildman–Crippen MR) is 139 cm³/mol. The van der Waals surface area contributed by atoms with Gasteiger partial charge in [0.15, 0.2) is 5.82 Å². The fourth-order valence-electron chi connectivity index (χ4n) is 5.25. The van der Waals surface area contributed by atoms with Crippen LogP contribution in [-0.2, 0) is 24.4 Å². The summed E-state index contributed by atoms with van der Waals surface area (Å²) in [6.45, 7) is 8.96. The third-order valence-corrected chi connectivity index (χ3v) is 7.02. The number of nitrogens with zero attached hydrogens (tertiary/aromatic N) is 5. The maximum atomic E-state index is 13.2. The summed E-state index contributed by atoms with van der Waals surface area (Å²) in [6, 6.07) is 18.4. The number of hydrogen-bond donors (Lipinski definition) is 1. The number of nitrogens with one attached hydrogen (secondary N) is 1. The third kappa shape index (κ3) is 5.24. The minimum Gasteiger partial charge on any atom is -0.376 e. The summed E-state index contributed by atoms with van der Waals surface area (Å²) in [5.41, 5.74) is 3.80. The molecule has 0 radical (unpaired) electrons. The molecule has 1 fully saturated rings. The first-order valence-electron chi connectivity index (χ1n) is 12.8. The standard InChI is InChI=1S/C28H34N6O2/c1-19(2)26(27-30-31-32-34(27)18-24-13-8-14-36-24)33(16-21-10-5-4-6-11-21)17-23-15-22-12-7-9-20(3)25(22)29-28(23)35/h4-7,9-12,15,19,24,26H,8,13-14,16-18H2,1-3H3,(H,29,35)/t24-,26+/m0/s1. The number of ether oxygens (including phenoxy) is 1. The molecule has 2 aromatic heterocycles. The van der Waals surface area contributed by atoms with Gasteiger partial charge in [0.05, 0.1) is 24.2 Å². The Hall–Kier alpha value is -3.36. The smallest absolute Gasteiger partial charge is 0.252 e. The molecule has 1 saturated heterocycles. The van der Waals surface area contributed by atoms with Crippen LogP contribution >= 0.6 is 0 Å². The van der Waals surface area contributed by atoms with Crippen LogP contribution < -0.4 is 5.56 Å². The summed E-state index contributed by atoms with van der Waals surface area (Å²) < 4.78 is 7.76. The molecule has 188 valence electrons. The number of rotatable bonds is 9. The largest absolute Gasteiger partial charge is 0.376 e. The van der Waals surface area contributed by atoms with Crippen molar-refractivity contribution in [3.8, 4) is 0 Å². The molecule has 2 atom stereocenters. The highest BCUT2D eigenvalue weighted by molar-refractivity contribution is 5.81. The van der Waals surface area contributed by atoms with E-state index < -0.39 is 0 Å². The molecule has 0 unspecified atom stereocenters. The summed E-state index contributed by atoms with van der Waals surface area (Å²) in [6.07, 6.45) is 2.22. The Balaban J connectivity index is 1.53. The van der Waals surface area contributed by atoms with Crippen molar-refractivity contribution in [2.45, 2.75) is 65.4 Å². The second-order valence-corrected chi connectivity index (χ2v) is 10.1. The molecular formula is C28H34N6O2. The lowest BCUT2D eigenvalue weighted by Gasteiger charge is -2.33. The molecule has 0 bridgehead atoms. The lowest BCUT2D eigenvalue weighted by molar-refractivity contribution is 0.0851. The van der Waals surface area contributed by atoms with Gasteiger partial charge in [-0.1, -0.05) is 62.4 Å². The molecule has 1 N–H and O–H groups in total. The van der Waals surface area contributed by atoms with Crippen molar-refractivity contribution in [2.75, 3.05) is 6.61 Å². The first-order chi connectivity index (χ1) is 17.5. The molecule has 0 spiro atoms. The van der Waals surface area contributed by atoms with Gasteiger partial charge in [0, 0.05) is 25.3 Å². The van der Waals surface area contributed by atoms with Crippen LogP contribution in [0.4, 0.5) is 0 Å². The molecule has 4 aromatic rings. The van der Waals surface area contributed by atoms with Gasteiger partial charge in [0.1, 0.15) is 0 Å². The van der Waals surface area contributed by atoms with Crippen LogP contribution in [0.15, 0.2) is 59.4 Å². The SMILES string of the molecule is Cc1cccc2cc(CN(Cc3ccccc3)[C@@H](c3nnnn3C[C@@H]3CCCO3)C(C)C)c(=O)[nH]c12. The maximum absolute atomic E-state index is 13.2. The van der Waals surface area contributed by atoms with Gasteiger partial charge in [-0.15, -0.1) is 5.10 Å². The van der Waals surface area contributed by atoms with Crippen LogP contribution in [0.1, 0.15) is 55.2 Å². The summed E-state index contributed by atoms with van der Waals surface area (Å²) in [5.74, 6) is 1.02. The van der Waals surface area contributed by atoms with Crippen LogP contribution in [0.5, 0.6) is 0 Å². The van der Waals surface area contributed by atoms with E-state index in [1.165, 1.54) is 5.56 Å². The summed E-state index contributed by atoms with van der Waals surface area (Å²) in [5, 5.41) is 13.9. The van der Waals surface area contributed by atoms with Crippen molar-refractivity contribution in [1.82, 2.24) is 30.1 Å². The second kappa shape index (κ2) is 10.7. The highest BCUT2D eigenvalue weighted by Gasteiger charge is 2.31. The van der Waals surface area contributed by atoms with Crippen molar-refractivity contribution >= 4 is 10.9 Å². The summed E-state index contributed by atoms with van der Waals surface area (Å²) >= 11 is 0. The first-order valence-corrected chi connectivity index (χ1v) is 12.8. The Labute approximate surface area is 211 Å². The molecule has 1 aliphatic heterocycles. The van der Waals surface area contributed by atoms with Crippen molar-refractivity contribution in [2.24, 2.45) is 5.92 Å². The van der Waals surface area contributed by atoms with Gasteiger partial charge in [-0.3, -0.25) is 9.69 Å². The average Bonchev–Trinajstić information content (AvgIpc) is 3.54. The monoisotopic (exact) mass is 486 g/mol. The molecule has 0 saturated carbocycles. The number of aromatic nitrogens is 5. The van der Waals surface area contributed by atoms with E-state index in [0.717, 1.165) is 47.3 Å². The highest BCUT2D eigenvalue weighted by Crippen LogP contribution is 2.31. The van der Waals surface area contributed by atoms with Crippen LogP contribution in [0.2, 0.25) is 0 Å².